The predicted molar refractivity (Wildman–Crippen MR) is 136 cm³/mol. The van der Waals surface area contributed by atoms with Crippen LogP contribution in [-0.4, -0.2) is 47.0 Å². The summed E-state index contributed by atoms with van der Waals surface area (Å²) < 4.78 is 10.2. The summed E-state index contributed by atoms with van der Waals surface area (Å²) in [4.78, 5) is 62.9. The van der Waals surface area contributed by atoms with Crippen molar-refractivity contribution in [3.05, 3.63) is 105 Å². The van der Waals surface area contributed by atoms with Crippen LogP contribution in [-0.2, 0) is 19.1 Å². The van der Waals surface area contributed by atoms with E-state index in [0.29, 0.717) is 0 Å². The Morgan fingerprint density at radius 2 is 1.18 bits per heavy atom. The van der Waals surface area contributed by atoms with Crippen LogP contribution in [0.2, 0.25) is 10.0 Å². The van der Waals surface area contributed by atoms with Crippen LogP contribution >= 0.6 is 23.2 Å². The monoisotopic (exact) mass is 558 g/mol. The van der Waals surface area contributed by atoms with Gasteiger partial charge in [0.15, 0.2) is 0 Å². The van der Waals surface area contributed by atoms with Crippen LogP contribution in [0.1, 0.15) is 36.6 Å². The van der Waals surface area contributed by atoms with Gasteiger partial charge in [0.05, 0.1) is 21.2 Å². The molecule has 0 bridgehead atoms. The summed E-state index contributed by atoms with van der Waals surface area (Å²) in [7, 11) is 0. The molecule has 0 unspecified atom stereocenters. The number of esters is 2. The number of hydrogen-bond donors (Lipinski definition) is 3. The van der Waals surface area contributed by atoms with E-state index in [0.717, 1.165) is 5.56 Å². The van der Waals surface area contributed by atoms with Gasteiger partial charge in [-0.25, -0.2) is 14.4 Å². The van der Waals surface area contributed by atoms with Gasteiger partial charge in [-0.1, -0.05) is 65.2 Å². The van der Waals surface area contributed by atoms with Gasteiger partial charge in [0, 0.05) is 5.56 Å². The van der Waals surface area contributed by atoms with Gasteiger partial charge in [0.25, 0.3) is 11.8 Å². The van der Waals surface area contributed by atoms with Crippen LogP contribution in [0.25, 0.3) is 0 Å². The zero-order valence-corrected chi connectivity index (χ0v) is 21.2. The van der Waals surface area contributed by atoms with Crippen LogP contribution in [0.5, 0.6) is 0 Å². The summed E-state index contributed by atoms with van der Waals surface area (Å²) in [5, 5.41) is 9.70. The number of amides is 2. The molecular weight excluding hydrogens is 539 g/mol. The van der Waals surface area contributed by atoms with Crippen molar-refractivity contribution in [2.45, 2.75) is 19.1 Å². The van der Waals surface area contributed by atoms with Gasteiger partial charge in [-0.3, -0.25) is 20.4 Å². The lowest BCUT2D eigenvalue weighted by atomic mass is 10.1. The summed E-state index contributed by atoms with van der Waals surface area (Å²) in [5.41, 5.74) is 4.80. The minimum Gasteiger partial charge on any atom is -0.478 e. The third kappa shape index (κ3) is 7.09. The first-order valence-electron chi connectivity index (χ1n) is 10.9. The molecule has 0 radical (unpaired) electrons. The second-order valence-electron chi connectivity index (χ2n) is 7.76. The molecular formula is C26H20Cl2N2O8. The van der Waals surface area contributed by atoms with Crippen molar-refractivity contribution in [3.63, 3.8) is 0 Å². The number of hydrogen-bond acceptors (Lipinski definition) is 7. The molecule has 10 nitrogen and oxygen atoms in total. The highest BCUT2D eigenvalue weighted by Gasteiger charge is 2.41. The molecule has 0 fully saturated rings. The topological polar surface area (TPSA) is 148 Å². The molecule has 0 spiro atoms. The molecule has 3 N–H and O–H groups in total. The summed E-state index contributed by atoms with van der Waals surface area (Å²) in [6.45, 7) is 1.82. The van der Waals surface area contributed by atoms with E-state index in [2.05, 4.69) is 5.43 Å². The minimum atomic E-state index is -2.33. The van der Waals surface area contributed by atoms with Crippen molar-refractivity contribution in [2.24, 2.45) is 0 Å². The largest absolute Gasteiger partial charge is 0.478 e. The standard InChI is InChI=1S/C26H20Cl2N2O8/c1-14-10-12-15(13-11-14)22(31)29-30-23(32)20(37-25(35)16-6-2-4-8-18(16)27)21(24(33)34)38-26(36)17-7-3-5-9-19(17)28/h2-13,20-21H,1H3,(H,29,31)(H,30,32)(H,33,34)/t20-,21-/m0/s1. The van der Waals surface area contributed by atoms with Gasteiger partial charge in [0.1, 0.15) is 0 Å². The van der Waals surface area contributed by atoms with Crippen LogP contribution in [0.15, 0.2) is 72.8 Å². The lowest BCUT2D eigenvalue weighted by Gasteiger charge is -2.24. The SMILES string of the molecule is Cc1ccc(C(=O)NNC(=O)[C@@H](OC(=O)c2ccccc2Cl)[C@H](OC(=O)c2ccccc2Cl)C(=O)O)cc1. The number of carbonyl (C=O) groups is 5. The third-order valence-corrected chi connectivity index (χ3v) is 5.70. The van der Waals surface area contributed by atoms with E-state index in [-0.39, 0.29) is 26.7 Å². The van der Waals surface area contributed by atoms with Crippen molar-refractivity contribution in [1.29, 1.82) is 0 Å². The van der Waals surface area contributed by atoms with Crippen LogP contribution in [0, 0.1) is 6.92 Å². The highest BCUT2D eigenvalue weighted by Crippen LogP contribution is 2.21. The number of hydrazine groups is 1. The van der Waals surface area contributed by atoms with Gasteiger partial charge < -0.3 is 14.6 Å². The maximum absolute atomic E-state index is 13.0. The first-order valence-corrected chi connectivity index (χ1v) is 11.6. The molecule has 2 atom stereocenters. The van der Waals surface area contributed by atoms with Gasteiger partial charge >= 0.3 is 17.9 Å². The number of aliphatic carboxylic acids is 1. The number of halogens is 2. The number of benzene rings is 3. The van der Waals surface area contributed by atoms with Crippen molar-refractivity contribution in [2.75, 3.05) is 0 Å². The molecule has 0 aromatic heterocycles. The molecule has 2 amide bonds. The minimum absolute atomic E-state index is 0.0377. The molecule has 0 aliphatic rings. The van der Waals surface area contributed by atoms with E-state index in [4.69, 9.17) is 32.7 Å². The first-order chi connectivity index (χ1) is 18.1. The Balaban J connectivity index is 1.87. The van der Waals surface area contributed by atoms with Gasteiger partial charge in [-0.2, -0.15) is 0 Å². The number of carboxylic acid groups (broad SMARTS) is 1. The van der Waals surface area contributed by atoms with E-state index in [9.17, 15) is 29.1 Å². The molecule has 3 aromatic rings. The summed E-state index contributed by atoms with van der Waals surface area (Å²) in [6, 6.07) is 17.6. The van der Waals surface area contributed by atoms with E-state index in [1.165, 1.54) is 60.7 Å². The molecule has 0 aliphatic heterocycles. The highest BCUT2D eigenvalue weighted by atomic mass is 35.5. The average Bonchev–Trinajstić information content (AvgIpc) is 2.89. The number of aryl methyl sites for hydroxylation is 1. The summed E-state index contributed by atoms with van der Waals surface area (Å²) in [6.07, 6.45) is -4.58. The second kappa shape index (κ2) is 12.7. The molecule has 196 valence electrons. The quantitative estimate of drug-likeness (QED) is 0.280. The van der Waals surface area contributed by atoms with E-state index < -0.39 is 41.9 Å². The Bertz CT molecular complexity index is 1380. The molecule has 0 aliphatic carbocycles. The third-order valence-electron chi connectivity index (χ3n) is 5.05. The Labute approximate surface area is 226 Å². The fourth-order valence-corrected chi connectivity index (χ4v) is 3.50. The molecule has 12 heteroatoms. The van der Waals surface area contributed by atoms with E-state index >= 15 is 0 Å². The smallest absolute Gasteiger partial charge is 0.349 e. The molecule has 38 heavy (non-hydrogen) atoms. The number of carbonyl (C=O) groups excluding carboxylic acids is 4. The molecule has 0 saturated carbocycles. The predicted octanol–water partition coefficient (Wildman–Crippen LogP) is 3.60. The van der Waals surface area contributed by atoms with Crippen LogP contribution in [0.3, 0.4) is 0 Å². The summed E-state index contributed by atoms with van der Waals surface area (Å²) >= 11 is 12.0. The lowest BCUT2D eigenvalue weighted by Crippen LogP contribution is -2.54. The Hall–Kier alpha value is -4.41. The number of ether oxygens (including phenoxy) is 2. The zero-order chi connectivity index (χ0) is 27.8. The molecule has 3 rings (SSSR count). The van der Waals surface area contributed by atoms with Crippen molar-refractivity contribution in [1.82, 2.24) is 10.9 Å². The summed E-state index contributed by atoms with van der Waals surface area (Å²) in [5.74, 6) is -6.24. The highest BCUT2D eigenvalue weighted by molar-refractivity contribution is 6.34. The average molecular weight is 559 g/mol. The lowest BCUT2D eigenvalue weighted by molar-refractivity contribution is -0.159. The Kier molecular flexibility index (Phi) is 9.42. The van der Waals surface area contributed by atoms with Crippen molar-refractivity contribution >= 4 is 52.9 Å². The number of nitrogens with one attached hydrogen (secondary N) is 2. The van der Waals surface area contributed by atoms with Crippen LogP contribution < -0.4 is 10.9 Å². The maximum Gasteiger partial charge on any atom is 0.349 e. The second-order valence-corrected chi connectivity index (χ2v) is 8.57. The maximum atomic E-state index is 13.0. The number of carboxylic acids is 1. The molecule has 3 aromatic carbocycles. The fraction of sp³-hybridized carbons (Fsp3) is 0.115. The van der Waals surface area contributed by atoms with E-state index in [1.54, 1.807) is 12.1 Å². The van der Waals surface area contributed by atoms with Crippen molar-refractivity contribution < 1.29 is 38.6 Å². The van der Waals surface area contributed by atoms with Gasteiger partial charge in [-0.15, -0.1) is 0 Å². The van der Waals surface area contributed by atoms with Gasteiger partial charge in [0.2, 0.25) is 12.2 Å². The van der Waals surface area contributed by atoms with Gasteiger partial charge in [-0.05, 0) is 43.3 Å². The fourth-order valence-electron chi connectivity index (χ4n) is 3.07. The van der Waals surface area contributed by atoms with Crippen molar-refractivity contribution in [3.8, 4) is 0 Å². The van der Waals surface area contributed by atoms with E-state index in [1.807, 2.05) is 12.3 Å². The Morgan fingerprint density at radius 3 is 1.66 bits per heavy atom. The first kappa shape index (κ1) is 28.2. The zero-order valence-electron chi connectivity index (χ0n) is 19.6. The molecule has 0 saturated heterocycles. The van der Waals surface area contributed by atoms with Crippen LogP contribution in [0.4, 0.5) is 0 Å². The Morgan fingerprint density at radius 1 is 0.711 bits per heavy atom. The normalized spacial score (nSPS) is 12.0. The molecule has 0 heterocycles. The number of rotatable bonds is 8.